The molecule has 3 aromatic rings. The molecule has 6 heteroatoms. The fourth-order valence-electron chi connectivity index (χ4n) is 2.67. The van der Waals surface area contributed by atoms with E-state index in [1.807, 2.05) is 0 Å². The van der Waals surface area contributed by atoms with Gasteiger partial charge in [0.1, 0.15) is 23.0 Å². The standard InChI is InChI=1S/C25H22O6/c1-3-4-15-29-21-11-7-19(8-12-21)24(27)30-22-13-14-23(17(2)16-22)31-25(28)18-5-9-20(26)10-6-18/h3,5-14,16,26H,1,4,15H2,2H3. The first-order valence-electron chi connectivity index (χ1n) is 9.64. The number of esters is 2. The summed E-state index contributed by atoms with van der Waals surface area (Å²) in [5, 5.41) is 9.31. The summed E-state index contributed by atoms with van der Waals surface area (Å²) in [7, 11) is 0. The SMILES string of the molecule is C=CCCOc1ccc(C(=O)Oc2ccc(OC(=O)c3ccc(O)cc3)c(C)c2)cc1. The topological polar surface area (TPSA) is 82.1 Å². The van der Waals surface area contributed by atoms with Crippen LogP contribution in [0.15, 0.2) is 79.4 Å². The first-order chi connectivity index (χ1) is 15.0. The summed E-state index contributed by atoms with van der Waals surface area (Å²) in [5.41, 5.74) is 1.32. The summed E-state index contributed by atoms with van der Waals surface area (Å²) < 4.78 is 16.3. The monoisotopic (exact) mass is 418 g/mol. The van der Waals surface area contributed by atoms with Gasteiger partial charge in [0.15, 0.2) is 0 Å². The first kappa shape index (κ1) is 21.6. The van der Waals surface area contributed by atoms with Gasteiger partial charge >= 0.3 is 11.9 Å². The predicted molar refractivity (Wildman–Crippen MR) is 116 cm³/mol. The van der Waals surface area contributed by atoms with E-state index in [1.165, 1.54) is 24.3 Å². The molecule has 0 fully saturated rings. The summed E-state index contributed by atoms with van der Waals surface area (Å²) in [6, 6.07) is 17.2. The van der Waals surface area contributed by atoms with Crippen LogP contribution in [0.1, 0.15) is 32.7 Å². The summed E-state index contributed by atoms with van der Waals surface area (Å²) in [6.45, 7) is 5.90. The number of rotatable bonds is 8. The van der Waals surface area contributed by atoms with Gasteiger partial charge in [-0.05, 0) is 85.6 Å². The Morgan fingerprint density at radius 2 is 1.45 bits per heavy atom. The van der Waals surface area contributed by atoms with Gasteiger partial charge in [0.2, 0.25) is 0 Å². The van der Waals surface area contributed by atoms with Crippen LogP contribution in [0.5, 0.6) is 23.0 Å². The molecule has 0 saturated heterocycles. The van der Waals surface area contributed by atoms with E-state index in [-0.39, 0.29) is 5.75 Å². The van der Waals surface area contributed by atoms with Gasteiger partial charge in [-0.1, -0.05) is 6.08 Å². The molecule has 1 N–H and O–H groups in total. The molecule has 3 aromatic carbocycles. The second-order valence-electron chi connectivity index (χ2n) is 6.70. The molecular weight excluding hydrogens is 396 g/mol. The largest absolute Gasteiger partial charge is 0.508 e. The molecule has 0 bridgehead atoms. The number of phenols is 1. The Morgan fingerprint density at radius 3 is 2.06 bits per heavy atom. The lowest BCUT2D eigenvalue weighted by Gasteiger charge is -2.10. The van der Waals surface area contributed by atoms with E-state index < -0.39 is 11.9 Å². The van der Waals surface area contributed by atoms with Crippen LogP contribution < -0.4 is 14.2 Å². The minimum Gasteiger partial charge on any atom is -0.508 e. The summed E-state index contributed by atoms with van der Waals surface area (Å²) in [5.74, 6) is 0.342. The van der Waals surface area contributed by atoms with Crippen molar-refractivity contribution in [2.24, 2.45) is 0 Å². The van der Waals surface area contributed by atoms with E-state index >= 15 is 0 Å². The molecule has 6 nitrogen and oxygen atoms in total. The van der Waals surface area contributed by atoms with Crippen LogP contribution in [-0.4, -0.2) is 23.7 Å². The predicted octanol–water partition coefficient (Wildman–Crippen LogP) is 5.09. The highest BCUT2D eigenvalue weighted by atomic mass is 16.5. The Labute approximate surface area is 180 Å². The Morgan fingerprint density at radius 1 is 0.871 bits per heavy atom. The van der Waals surface area contributed by atoms with Crippen molar-refractivity contribution in [1.82, 2.24) is 0 Å². The lowest BCUT2D eigenvalue weighted by molar-refractivity contribution is 0.0718. The van der Waals surface area contributed by atoms with Gasteiger partial charge in [-0.25, -0.2) is 9.59 Å². The normalized spacial score (nSPS) is 10.2. The molecule has 0 aliphatic heterocycles. The van der Waals surface area contributed by atoms with Gasteiger partial charge in [-0.3, -0.25) is 0 Å². The number of hydrogen-bond donors (Lipinski definition) is 1. The second-order valence-corrected chi connectivity index (χ2v) is 6.70. The second kappa shape index (κ2) is 10.1. The third kappa shape index (κ3) is 5.96. The van der Waals surface area contributed by atoms with E-state index in [9.17, 15) is 14.7 Å². The zero-order valence-electron chi connectivity index (χ0n) is 17.0. The molecule has 0 aliphatic rings. The first-order valence-corrected chi connectivity index (χ1v) is 9.64. The molecule has 0 aromatic heterocycles. The Balaban J connectivity index is 1.61. The summed E-state index contributed by atoms with van der Waals surface area (Å²) in [4.78, 5) is 24.6. The molecule has 0 unspecified atom stereocenters. The maximum Gasteiger partial charge on any atom is 0.343 e. The maximum absolute atomic E-state index is 12.4. The van der Waals surface area contributed by atoms with Gasteiger partial charge in [0.25, 0.3) is 0 Å². The van der Waals surface area contributed by atoms with Crippen LogP contribution in [0, 0.1) is 6.92 Å². The summed E-state index contributed by atoms with van der Waals surface area (Å²) >= 11 is 0. The number of hydrogen-bond acceptors (Lipinski definition) is 6. The lowest BCUT2D eigenvalue weighted by Crippen LogP contribution is -2.10. The zero-order chi connectivity index (χ0) is 22.2. The fourth-order valence-corrected chi connectivity index (χ4v) is 2.67. The van der Waals surface area contributed by atoms with Crippen molar-refractivity contribution < 1.29 is 28.9 Å². The van der Waals surface area contributed by atoms with Gasteiger partial charge in [0.05, 0.1) is 17.7 Å². The number of benzene rings is 3. The molecule has 3 rings (SSSR count). The molecule has 0 atom stereocenters. The number of aryl methyl sites for hydroxylation is 1. The number of phenolic OH excluding ortho intramolecular Hbond substituents is 1. The van der Waals surface area contributed by atoms with Crippen molar-refractivity contribution in [1.29, 1.82) is 0 Å². The van der Waals surface area contributed by atoms with Crippen LogP contribution in [-0.2, 0) is 0 Å². The average molecular weight is 418 g/mol. The molecule has 158 valence electrons. The van der Waals surface area contributed by atoms with E-state index in [1.54, 1.807) is 55.5 Å². The third-order valence-corrected chi connectivity index (χ3v) is 4.34. The van der Waals surface area contributed by atoms with Gasteiger partial charge in [-0.15, -0.1) is 6.58 Å². The number of carbonyl (C=O) groups is 2. The molecule has 0 saturated carbocycles. The lowest BCUT2D eigenvalue weighted by atomic mass is 10.2. The number of carbonyl (C=O) groups excluding carboxylic acids is 2. The van der Waals surface area contributed by atoms with Crippen LogP contribution in [0.2, 0.25) is 0 Å². The van der Waals surface area contributed by atoms with Gasteiger partial charge < -0.3 is 19.3 Å². The molecule has 0 aliphatic carbocycles. The highest BCUT2D eigenvalue weighted by Gasteiger charge is 2.13. The molecule has 0 heterocycles. The van der Waals surface area contributed by atoms with Crippen molar-refractivity contribution >= 4 is 11.9 Å². The number of aromatic hydroxyl groups is 1. The van der Waals surface area contributed by atoms with Crippen molar-refractivity contribution in [2.75, 3.05) is 6.61 Å². The van der Waals surface area contributed by atoms with E-state index in [0.717, 1.165) is 6.42 Å². The van der Waals surface area contributed by atoms with Crippen molar-refractivity contribution in [2.45, 2.75) is 13.3 Å². The maximum atomic E-state index is 12.4. The van der Waals surface area contributed by atoms with E-state index in [4.69, 9.17) is 14.2 Å². The Bertz CT molecular complexity index is 1070. The molecule has 31 heavy (non-hydrogen) atoms. The van der Waals surface area contributed by atoms with Crippen molar-refractivity contribution in [3.05, 3.63) is 96.1 Å². The van der Waals surface area contributed by atoms with Gasteiger partial charge in [-0.2, -0.15) is 0 Å². The van der Waals surface area contributed by atoms with Gasteiger partial charge in [0, 0.05) is 0 Å². The van der Waals surface area contributed by atoms with E-state index in [2.05, 4.69) is 6.58 Å². The minimum atomic E-state index is -0.553. The number of ether oxygens (including phenoxy) is 3. The fraction of sp³-hybridized carbons (Fsp3) is 0.120. The molecular formula is C25H22O6. The molecule has 0 radical (unpaired) electrons. The van der Waals surface area contributed by atoms with Crippen LogP contribution >= 0.6 is 0 Å². The highest BCUT2D eigenvalue weighted by Crippen LogP contribution is 2.25. The average Bonchev–Trinajstić information content (AvgIpc) is 2.76. The van der Waals surface area contributed by atoms with Crippen LogP contribution in [0.4, 0.5) is 0 Å². The van der Waals surface area contributed by atoms with Crippen LogP contribution in [0.25, 0.3) is 0 Å². The highest BCUT2D eigenvalue weighted by molar-refractivity contribution is 5.92. The van der Waals surface area contributed by atoms with E-state index in [0.29, 0.717) is 40.5 Å². The Kier molecular flexibility index (Phi) is 7.06. The third-order valence-electron chi connectivity index (χ3n) is 4.34. The summed E-state index contributed by atoms with van der Waals surface area (Å²) in [6.07, 6.45) is 2.51. The zero-order valence-corrected chi connectivity index (χ0v) is 17.0. The van der Waals surface area contributed by atoms with Crippen molar-refractivity contribution in [3.8, 4) is 23.0 Å². The smallest absolute Gasteiger partial charge is 0.343 e. The molecule has 0 spiro atoms. The van der Waals surface area contributed by atoms with Crippen LogP contribution in [0.3, 0.4) is 0 Å². The quantitative estimate of drug-likeness (QED) is 0.237. The van der Waals surface area contributed by atoms with Crippen molar-refractivity contribution in [3.63, 3.8) is 0 Å². The molecule has 0 amide bonds. The Hall–Kier alpha value is -4.06. The minimum absolute atomic E-state index is 0.0637.